The molecule has 0 saturated carbocycles. The van der Waals surface area contributed by atoms with Gasteiger partial charge in [-0.25, -0.2) is 14.4 Å². The fourth-order valence-corrected chi connectivity index (χ4v) is 2.24. The Labute approximate surface area is 174 Å². The van der Waals surface area contributed by atoms with Gasteiger partial charge >= 0.3 is 0 Å². The Morgan fingerprint density at radius 2 is 2.12 bits per heavy atom. The molecule has 2 rings (SSSR count). The molecule has 0 spiro atoms. The van der Waals surface area contributed by atoms with Crippen molar-refractivity contribution in [2.75, 3.05) is 13.1 Å². The lowest BCUT2D eigenvalue weighted by Crippen LogP contribution is -2.38. The maximum absolute atomic E-state index is 13.9. The predicted octanol–water partition coefficient (Wildman–Crippen LogP) is 3.66. The SMILES string of the molecule is CCNC(=NCc1ccc(C#N)cc1F)NCCc1ccc(Cl)nc1.I. The normalized spacial score (nSPS) is 10.6. The predicted molar refractivity (Wildman–Crippen MR) is 112 cm³/mol. The van der Waals surface area contributed by atoms with E-state index in [1.807, 2.05) is 19.1 Å². The van der Waals surface area contributed by atoms with Gasteiger partial charge in [0.2, 0.25) is 0 Å². The van der Waals surface area contributed by atoms with Crippen LogP contribution >= 0.6 is 35.6 Å². The smallest absolute Gasteiger partial charge is 0.191 e. The van der Waals surface area contributed by atoms with Gasteiger partial charge in [0.15, 0.2) is 5.96 Å². The van der Waals surface area contributed by atoms with Gasteiger partial charge in [-0.2, -0.15) is 5.26 Å². The highest BCUT2D eigenvalue weighted by molar-refractivity contribution is 14.0. The summed E-state index contributed by atoms with van der Waals surface area (Å²) >= 11 is 5.76. The topological polar surface area (TPSA) is 73.1 Å². The first kappa shape index (κ1) is 22.1. The second-order valence-electron chi connectivity index (χ2n) is 5.28. The Bertz CT molecular complexity index is 774. The molecule has 0 bridgehead atoms. The Kier molecular flexibility index (Phi) is 9.91. The first-order valence-electron chi connectivity index (χ1n) is 7.93. The molecule has 2 aromatic rings. The Balaban J connectivity index is 0.00000338. The van der Waals surface area contributed by atoms with E-state index in [2.05, 4.69) is 20.6 Å². The number of guanidine groups is 1. The summed E-state index contributed by atoms with van der Waals surface area (Å²) in [6, 6.07) is 9.98. The lowest BCUT2D eigenvalue weighted by atomic mass is 10.1. The third kappa shape index (κ3) is 7.14. The third-order valence-corrected chi connectivity index (χ3v) is 3.65. The van der Waals surface area contributed by atoms with Crippen LogP contribution in [-0.4, -0.2) is 24.0 Å². The van der Waals surface area contributed by atoms with Gasteiger partial charge in [-0.3, -0.25) is 0 Å². The van der Waals surface area contributed by atoms with Crippen molar-refractivity contribution in [2.24, 2.45) is 4.99 Å². The van der Waals surface area contributed by atoms with E-state index in [0.29, 0.717) is 35.3 Å². The summed E-state index contributed by atoms with van der Waals surface area (Å²) in [6.45, 7) is 3.51. The molecule has 26 heavy (non-hydrogen) atoms. The van der Waals surface area contributed by atoms with Crippen molar-refractivity contribution in [1.29, 1.82) is 5.26 Å². The van der Waals surface area contributed by atoms with Gasteiger partial charge in [-0.1, -0.05) is 23.7 Å². The molecule has 0 aliphatic rings. The molecule has 0 radical (unpaired) electrons. The molecule has 0 atom stereocenters. The first-order chi connectivity index (χ1) is 12.1. The van der Waals surface area contributed by atoms with Gasteiger partial charge in [-0.05, 0) is 37.1 Å². The van der Waals surface area contributed by atoms with Crippen LogP contribution in [0.1, 0.15) is 23.6 Å². The van der Waals surface area contributed by atoms with Crippen molar-refractivity contribution in [2.45, 2.75) is 19.9 Å². The summed E-state index contributed by atoms with van der Waals surface area (Å²) in [5, 5.41) is 15.6. The standard InChI is InChI=1S/C18H19ClFN5.HI/c1-2-22-18(23-8-7-13-4-6-17(19)24-11-13)25-12-15-5-3-14(10-21)9-16(15)20;/h3-6,9,11H,2,7-8,12H2,1H3,(H2,22,23,25);1H. The molecule has 0 aliphatic heterocycles. The van der Waals surface area contributed by atoms with Gasteiger partial charge in [0.1, 0.15) is 11.0 Å². The second-order valence-corrected chi connectivity index (χ2v) is 5.67. The van der Waals surface area contributed by atoms with Crippen molar-refractivity contribution in [3.63, 3.8) is 0 Å². The maximum atomic E-state index is 13.9. The lowest BCUT2D eigenvalue weighted by molar-refractivity contribution is 0.609. The molecule has 2 N–H and O–H groups in total. The number of hydrogen-bond acceptors (Lipinski definition) is 3. The minimum atomic E-state index is -0.425. The fraction of sp³-hybridized carbons (Fsp3) is 0.278. The van der Waals surface area contributed by atoms with E-state index in [9.17, 15) is 4.39 Å². The van der Waals surface area contributed by atoms with E-state index in [4.69, 9.17) is 16.9 Å². The van der Waals surface area contributed by atoms with E-state index >= 15 is 0 Å². The number of aromatic nitrogens is 1. The van der Waals surface area contributed by atoms with E-state index in [1.165, 1.54) is 6.07 Å². The monoisotopic (exact) mass is 487 g/mol. The fourth-order valence-electron chi connectivity index (χ4n) is 2.13. The zero-order valence-corrected chi connectivity index (χ0v) is 17.4. The molecule has 0 aliphatic carbocycles. The van der Waals surface area contributed by atoms with Crippen LogP contribution in [0.4, 0.5) is 4.39 Å². The van der Waals surface area contributed by atoms with Crippen LogP contribution in [0, 0.1) is 17.1 Å². The zero-order valence-electron chi connectivity index (χ0n) is 14.3. The van der Waals surface area contributed by atoms with Crippen LogP contribution in [0.3, 0.4) is 0 Å². The Hall–Kier alpha value is -1.92. The van der Waals surface area contributed by atoms with Crippen LogP contribution in [-0.2, 0) is 13.0 Å². The molecule has 0 unspecified atom stereocenters. The lowest BCUT2D eigenvalue weighted by Gasteiger charge is -2.11. The molecule has 0 saturated heterocycles. The quantitative estimate of drug-likeness (QED) is 0.282. The molecular formula is C18H20ClFIN5. The minimum Gasteiger partial charge on any atom is -0.357 e. The summed E-state index contributed by atoms with van der Waals surface area (Å²) in [5.74, 6) is 0.180. The van der Waals surface area contributed by atoms with Crippen LogP contribution in [0.2, 0.25) is 5.15 Å². The van der Waals surface area contributed by atoms with E-state index in [1.54, 1.807) is 24.4 Å². The number of benzene rings is 1. The summed E-state index contributed by atoms with van der Waals surface area (Å²) in [5.41, 5.74) is 1.80. The number of halogens is 3. The minimum absolute atomic E-state index is 0. The van der Waals surface area contributed by atoms with Gasteiger partial charge in [0, 0.05) is 24.8 Å². The number of nitrogens with zero attached hydrogens (tertiary/aromatic N) is 3. The van der Waals surface area contributed by atoms with Crippen molar-refractivity contribution in [1.82, 2.24) is 15.6 Å². The van der Waals surface area contributed by atoms with Gasteiger partial charge in [0.25, 0.3) is 0 Å². The maximum Gasteiger partial charge on any atom is 0.191 e. The van der Waals surface area contributed by atoms with Crippen molar-refractivity contribution >= 4 is 41.5 Å². The first-order valence-corrected chi connectivity index (χ1v) is 8.31. The van der Waals surface area contributed by atoms with E-state index < -0.39 is 5.82 Å². The van der Waals surface area contributed by atoms with Gasteiger partial charge in [-0.15, -0.1) is 24.0 Å². The van der Waals surface area contributed by atoms with Gasteiger partial charge in [0.05, 0.1) is 18.2 Å². The molecule has 1 aromatic carbocycles. The van der Waals surface area contributed by atoms with Crippen molar-refractivity contribution in [3.05, 3.63) is 64.2 Å². The summed E-state index contributed by atoms with van der Waals surface area (Å²) in [7, 11) is 0. The highest BCUT2D eigenvalue weighted by Crippen LogP contribution is 2.11. The molecule has 0 amide bonds. The highest BCUT2D eigenvalue weighted by atomic mass is 127. The van der Waals surface area contributed by atoms with Crippen LogP contribution in [0.25, 0.3) is 0 Å². The molecule has 1 aromatic heterocycles. The average Bonchev–Trinajstić information content (AvgIpc) is 2.62. The zero-order chi connectivity index (χ0) is 18.1. The Morgan fingerprint density at radius 3 is 2.73 bits per heavy atom. The average molecular weight is 488 g/mol. The number of rotatable bonds is 6. The molecular weight excluding hydrogens is 468 g/mol. The van der Waals surface area contributed by atoms with Crippen LogP contribution in [0.5, 0.6) is 0 Å². The second kappa shape index (κ2) is 11.6. The molecule has 138 valence electrons. The van der Waals surface area contributed by atoms with Crippen LogP contribution in [0.15, 0.2) is 41.5 Å². The third-order valence-electron chi connectivity index (χ3n) is 3.43. The van der Waals surface area contributed by atoms with E-state index in [-0.39, 0.29) is 30.5 Å². The number of aliphatic imine (C=N–C) groups is 1. The number of nitrogens with one attached hydrogen (secondary N) is 2. The molecule has 5 nitrogen and oxygen atoms in total. The highest BCUT2D eigenvalue weighted by Gasteiger charge is 2.04. The molecule has 0 fully saturated rings. The largest absolute Gasteiger partial charge is 0.357 e. The van der Waals surface area contributed by atoms with Crippen molar-refractivity contribution in [3.8, 4) is 6.07 Å². The summed E-state index contributed by atoms with van der Waals surface area (Å²) < 4.78 is 13.9. The Morgan fingerprint density at radius 1 is 1.31 bits per heavy atom. The number of hydrogen-bond donors (Lipinski definition) is 2. The van der Waals surface area contributed by atoms with Gasteiger partial charge < -0.3 is 10.6 Å². The number of pyridine rings is 1. The van der Waals surface area contributed by atoms with Crippen molar-refractivity contribution < 1.29 is 4.39 Å². The van der Waals surface area contributed by atoms with E-state index in [0.717, 1.165) is 12.0 Å². The number of nitriles is 1. The summed E-state index contributed by atoms with van der Waals surface area (Å²) in [4.78, 5) is 8.42. The molecule has 1 heterocycles. The summed E-state index contributed by atoms with van der Waals surface area (Å²) in [6.07, 6.45) is 2.50. The van der Waals surface area contributed by atoms with Crippen LogP contribution < -0.4 is 10.6 Å². The molecule has 8 heteroatoms.